The Bertz CT molecular complexity index is 622. The minimum atomic E-state index is -1.02. The Labute approximate surface area is 129 Å². The molecular formula is C16H19N3O3. The van der Waals surface area contributed by atoms with Crippen LogP contribution in [0, 0.1) is 17.2 Å². The molecule has 1 amide bonds. The van der Waals surface area contributed by atoms with Crippen molar-refractivity contribution < 1.29 is 14.7 Å². The van der Waals surface area contributed by atoms with Crippen molar-refractivity contribution in [3.05, 3.63) is 23.8 Å². The van der Waals surface area contributed by atoms with Crippen LogP contribution in [0.1, 0.15) is 36.5 Å². The van der Waals surface area contributed by atoms with Crippen molar-refractivity contribution >= 4 is 23.3 Å². The van der Waals surface area contributed by atoms with Gasteiger partial charge < -0.3 is 15.3 Å². The molecule has 116 valence electrons. The number of amides is 1. The summed E-state index contributed by atoms with van der Waals surface area (Å²) in [4.78, 5) is 25.0. The number of carbonyl (C=O) groups is 2. The van der Waals surface area contributed by atoms with E-state index in [1.807, 2.05) is 0 Å². The Morgan fingerprint density at radius 1 is 1.50 bits per heavy atom. The largest absolute Gasteiger partial charge is 0.478 e. The summed E-state index contributed by atoms with van der Waals surface area (Å²) in [7, 11) is 0. The van der Waals surface area contributed by atoms with E-state index < -0.39 is 11.9 Å². The van der Waals surface area contributed by atoms with Gasteiger partial charge in [-0.2, -0.15) is 5.26 Å². The smallest absolute Gasteiger partial charge is 0.337 e. The maximum Gasteiger partial charge on any atom is 0.337 e. The van der Waals surface area contributed by atoms with Gasteiger partial charge in [-0.3, -0.25) is 4.79 Å². The molecule has 1 saturated heterocycles. The number of anilines is 2. The second kappa shape index (κ2) is 6.94. The van der Waals surface area contributed by atoms with Gasteiger partial charge in [-0.15, -0.1) is 0 Å². The molecule has 1 aliphatic rings. The first-order valence-corrected chi connectivity index (χ1v) is 7.30. The summed E-state index contributed by atoms with van der Waals surface area (Å²) in [5, 5.41) is 20.5. The van der Waals surface area contributed by atoms with Gasteiger partial charge in [0.1, 0.15) is 6.42 Å². The highest BCUT2D eigenvalue weighted by atomic mass is 16.4. The van der Waals surface area contributed by atoms with Crippen LogP contribution in [-0.2, 0) is 4.79 Å². The van der Waals surface area contributed by atoms with Gasteiger partial charge in [0.25, 0.3) is 0 Å². The van der Waals surface area contributed by atoms with Crippen LogP contribution in [0.5, 0.6) is 0 Å². The van der Waals surface area contributed by atoms with E-state index in [0.29, 0.717) is 17.3 Å². The first-order valence-electron chi connectivity index (χ1n) is 7.30. The van der Waals surface area contributed by atoms with Crippen LogP contribution in [-0.4, -0.2) is 30.1 Å². The summed E-state index contributed by atoms with van der Waals surface area (Å²) in [5.41, 5.74) is 1.24. The lowest BCUT2D eigenvalue weighted by molar-refractivity contribution is -0.115. The fraction of sp³-hybridized carbons (Fsp3) is 0.438. The molecule has 1 heterocycles. The van der Waals surface area contributed by atoms with Crippen LogP contribution in [0.15, 0.2) is 18.2 Å². The number of carbonyl (C=O) groups excluding carboxylic acids is 1. The molecule has 22 heavy (non-hydrogen) atoms. The highest BCUT2D eigenvalue weighted by molar-refractivity contribution is 5.98. The Kier molecular flexibility index (Phi) is 4.99. The molecule has 1 unspecified atom stereocenters. The average molecular weight is 301 g/mol. The van der Waals surface area contributed by atoms with E-state index in [9.17, 15) is 14.7 Å². The molecule has 0 aliphatic carbocycles. The Balaban J connectivity index is 2.26. The summed E-state index contributed by atoms with van der Waals surface area (Å²) in [5.74, 6) is -0.937. The average Bonchev–Trinajstić information content (AvgIpc) is 2.47. The second-order valence-electron chi connectivity index (χ2n) is 5.61. The van der Waals surface area contributed by atoms with Crippen molar-refractivity contribution in [2.24, 2.45) is 5.92 Å². The van der Waals surface area contributed by atoms with Crippen LogP contribution >= 0.6 is 0 Å². The maximum absolute atomic E-state index is 11.5. The van der Waals surface area contributed by atoms with Crippen LogP contribution in [0.3, 0.4) is 0 Å². The number of carboxylic acids is 1. The van der Waals surface area contributed by atoms with Crippen molar-refractivity contribution in [3.8, 4) is 6.07 Å². The van der Waals surface area contributed by atoms with Crippen molar-refractivity contribution in [1.29, 1.82) is 5.26 Å². The van der Waals surface area contributed by atoms with Gasteiger partial charge in [0, 0.05) is 18.8 Å². The third-order valence-corrected chi connectivity index (χ3v) is 3.75. The monoisotopic (exact) mass is 301 g/mol. The van der Waals surface area contributed by atoms with Crippen molar-refractivity contribution in [1.82, 2.24) is 0 Å². The Morgan fingerprint density at radius 2 is 2.27 bits per heavy atom. The highest BCUT2D eigenvalue weighted by Gasteiger charge is 2.21. The molecule has 1 aromatic rings. The molecule has 0 spiro atoms. The molecule has 1 fully saturated rings. The highest BCUT2D eigenvalue weighted by Crippen LogP contribution is 2.28. The van der Waals surface area contributed by atoms with E-state index in [1.165, 1.54) is 6.07 Å². The van der Waals surface area contributed by atoms with Crippen molar-refractivity contribution in [3.63, 3.8) is 0 Å². The molecule has 6 heteroatoms. The van der Waals surface area contributed by atoms with Crippen LogP contribution in [0.2, 0.25) is 0 Å². The minimum absolute atomic E-state index is 0.170. The minimum Gasteiger partial charge on any atom is -0.478 e. The molecule has 0 saturated carbocycles. The van der Waals surface area contributed by atoms with Gasteiger partial charge >= 0.3 is 5.97 Å². The number of hydrogen-bond donors (Lipinski definition) is 2. The predicted molar refractivity (Wildman–Crippen MR) is 82.9 cm³/mol. The molecule has 0 bridgehead atoms. The Hall–Kier alpha value is -2.55. The van der Waals surface area contributed by atoms with E-state index >= 15 is 0 Å². The van der Waals surface area contributed by atoms with E-state index in [2.05, 4.69) is 17.1 Å². The van der Waals surface area contributed by atoms with Gasteiger partial charge in [0.05, 0.1) is 17.3 Å². The number of nitrogens with one attached hydrogen (secondary N) is 1. The van der Waals surface area contributed by atoms with E-state index in [1.54, 1.807) is 18.2 Å². The second-order valence-corrected chi connectivity index (χ2v) is 5.61. The fourth-order valence-electron chi connectivity index (χ4n) is 2.75. The molecule has 0 aromatic heterocycles. The number of nitriles is 1. The number of carboxylic acid groups (broad SMARTS) is 1. The number of piperidine rings is 1. The van der Waals surface area contributed by atoms with Gasteiger partial charge in [0.15, 0.2) is 0 Å². The third kappa shape index (κ3) is 3.76. The first kappa shape index (κ1) is 15.8. The summed E-state index contributed by atoms with van der Waals surface area (Å²) < 4.78 is 0. The number of rotatable bonds is 4. The molecule has 0 radical (unpaired) electrons. The van der Waals surface area contributed by atoms with E-state index in [0.717, 1.165) is 25.9 Å². The molecule has 2 rings (SSSR count). The van der Waals surface area contributed by atoms with Crippen LogP contribution in [0.4, 0.5) is 11.4 Å². The molecule has 1 atom stereocenters. The lowest BCUT2D eigenvalue weighted by Gasteiger charge is -2.33. The Morgan fingerprint density at radius 3 is 2.91 bits per heavy atom. The maximum atomic E-state index is 11.5. The number of hydrogen-bond acceptors (Lipinski definition) is 4. The molecule has 1 aromatic carbocycles. The predicted octanol–water partition coefficient (Wildman–Crippen LogP) is 2.47. The number of nitrogens with zero attached hydrogens (tertiary/aromatic N) is 2. The van der Waals surface area contributed by atoms with E-state index in [4.69, 9.17) is 5.26 Å². The lowest BCUT2D eigenvalue weighted by atomic mass is 9.98. The summed E-state index contributed by atoms with van der Waals surface area (Å²) >= 11 is 0. The number of benzene rings is 1. The zero-order valence-electron chi connectivity index (χ0n) is 12.5. The topological polar surface area (TPSA) is 93.4 Å². The first-order chi connectivity index (χ1) is 10.5. The van der Waals surface area contributed by atoms with Gasteiger partial charge in [-0.1, -0.05) is 6.92 Å². The van der Waals surface area contributed by atoms with Crippen LogP contribution in [0.25, 0.3) is 0 Å². The summed E-state index contributed by atoms with van der Waals surface area (Å²) in [6, 6.07) is 6.61. The molecular weight excluding hydrogens is 282 g/mol. The summed E-state index contributed by atoms with van der Waals surface area (Å²) in [6.45, 7) is 3.83. The SMILES string of the molecule is CC1CCCN(c2ccc(NC(=O)CC#N)cc2C(=O)O)C1. The molecule has 6 nitrogen and oxygen atoms in total. The normalized spacial score (nSPS) is 17.6. The quantitative estimate of drug-likeness (QED) is 0.891. The zero-order chi connectivity index (χ0) is 16.1. The van der Waals surface area contributed by atoms with Crippen LogP contribution < -0.4 is 10.2 Å². The van der Waals surface area contributed by atoms with Gasteiger partial charge in [-0.05, 0) is 37.0 Å². The lowest BCUT2D eigenvalue weighted by Crippen LogP contribution is -2.35. The molecule has 1 aliphatic heterocycles. The fourth-order valence-corrected chi connectivity index (χ4v) is 2.75. The third-order valence-electron chi connectivity index (χ3n) is 3.75. The van der Waals surface area contributed by atoms with Crippen molar-refractivity contribution in [2.45, 2.75) is 26.2 Å². The summed E-state index contributed by atoms with van der Waals surface area (Å²) in [6.07, 6.45) is 1.94. The standard InChI is InChI=1S/C16H19N3O3/c1-11-3-2-8-19(10-11)14-5-4-12(9-13(14)16(21)22)18-15(20)6-7-17/h4-5,9,11H,2-3,6,8,10H2,1H3,(H,18,20)(H,21,22). The van der Waals surface area contributed by atoms with Gasteiger partial charge in [-0.25, -0.2) is 4.79 Å². The van der Waals surface area contributed by atoms with E-state index in [-0.39, 0.29) is 12.0 Å². The van der Waals surface area contributed by atoms with Crippen molar-refractivity contribution in [2.75, 3.05) is 23.3 Å². The molecule has 2 N–H and O–H groups in total. The zero-order valence-corrected chi connectivity index (χ0v) is 12.5. The van der Waals surface area contributed by atoms with Gasteiger partial charge in [0.2, 0.25) is 5.91 Å². The number of aromatic carboxylic acids is 1.